The molecule has 1 aliphatic heterocycles. The van der Waals surface area contributed by atoms with E-state index in [-0.39, 0.29) is 11.9 Å². The molecule has 1 aliphatic rings. The molecule has 1 amide bonds. The standard InChI is InChI=1S/C12H15FN2O/c1-3-4-10-8(2)15(10)12(16)9-5-6-14-11(13)7-9/h5-8,10H,3-4H2,1-2H3. The van der Waals surface area contributed by atoms with Crippen molar-refractivity contribution in [1.29, 1.82) is 0 Å². The van der Waals surface area contributed by atoms with E-state index in [1.807, 2.05) is 6.92 Å². The number of aromatic nitrogens is 1. The van der Waals surface area contributed by atoms with E-state index in [1.54, 1.807) is 11.0 Å². The van der Waals surface area contributed by atoms with Crippen LogP contribution in [-0.4, -0.2) is 27.9 Å². The number of amides is 1. The van der Waals surface area contributed by atoms with Crippen molar-refractivity contribution >= 4 is 5.91 Å². The van der Waals surface area contributed by atoms with Crippen molar-refractivity contribution in [3.8, 4) is 0 Å². The Balaban J connectivity index is 2.10. The van der Waals surface area contributed by atoms with E-state index in [9.17, 15) is 9.18 Å². The quantitative estimate of drug-likeness (QED) is 0.580. The zero-order chi connectivity index (χ0) is 11.7. The van der Waals surface area contributed by atoms with E-state index >= 15 is 0 Å². The van der Waals surface area contributed by atoms with Crippen molar-refractivity contribution < 1.29 is 9.18 Å². The van der Waals surface area contributed by atoms with Gasteiger partial charge in [0.25, 0.3) is 5.91 Å². The van der Waals surface area contributed by atoms with Crippen LogP contribution in [0.25, 0.3) is 0 Å². The van der Waals surface area contributed by atoms with Gasteiger partial charge in [0.1, 0.15) is 0 Å². The number of nitrogens with zero attached hydrogens (tertiary/aromatic N) is 2. The molecular weight excluding hydrogens is 207 g/mol. The predicted octanol–water partition coefficient (Wildman–Crippen LogP) is 2.23. The number of halogens is 1. The molecule has 1 aromatic rings. The molecule has 1 saturated heterocycles. The number of pyridine rings is 1. The number of carbonyl (C=O) groups is 1. The van der Waals surface area contributed by atoms with Crippen LogP contribution in [0.4, 0.5) is 4.39 Å². The molecule has 0 aromatic carbocycles. The maximum atomic E-state index is 12.9. The minimum atomic E-state index is -0.604. The highest BCUT2D eigenvalue weighted by molar-refractivity contribution is 5.96. The monoisotopic (exact) mass is 222 g/mol. The molecular formula is C12H15FN2O. The van der Waals surface area contributed by atoms with Gasteiger partial charge in [-0.3, -0.25) is 4.79 Å². The second-order valence-corrected chi connectivity index (χ2v) is 4.18. The smallest absolute Gasteiger partial charge is 0.254 e. The first kappa shape index (κ1) is 11.0. The van der Waals surface area contributed by atoms with Crippen LogP contribution in [0.1, 0.15) is 37.0 Å². The lowest BCUT2D eigenvalue weighted by atomic mass is 10.2. The molecule has 0 spiro atoms. The van der Waals surface area contributed by atoms with Gasteiger partial charge in [0.15, 0.2) is 0 Å². The van der Waals surface area contributed by atoms with Crippen LogP contribution in [0.15, 0.2) is 18.3 Å². The first-order chi connectivity index (χ1) is 7.65. The maximum absolute atomic E-state index is 12.9. The van der Waals surface area contributed by atoms with Gasteiger partial charge in [-0.05, 0) is 19.4 Å². The first-order valence-electron chi connectivity index (χ1n) is 5.59. The summed E-state index contributed by atoms with van der Waals surface area (Å²) in [5.41, 5.74) is 0.387. The summed E-state index contributed by atoms with van der Waals surface area (Å²) in [5, 5.41) is 0. The summed E-state index contributed by atoms with van der Waals surface area (Å²) in [6, 6.07) is 3.35. The largest absolute Gasteiger partial charge is 0.329 e. The SMILES string of the molecule is CCCC1C(C)N1C(=O)c1ccnc(F)c1. The Labute approximate surface area is 94.3 Å². The zero-order valence-corrected chi connectivity index (χ0v) is 9.48. The summed E-state index contributed by atoms with van der Waals surface area (Å²) < 4.78 is 12.9. The first-order valence-corrected chi connectivity index (χ1v) is 5.59. The van der Waals surface area contributed by atoms with E-state index in [0.29, 0.717) is 11.6 Å². The van der Waals surface area contributed by atoms with Crippen molar-refractivity contribution in [2.24, 2.45) is 0 Å². The molecule has 0 N–H and O–H groups in total. The molecule has 16 heavy (non-hydrogen) atoms. The lowest BCUT2D eigenvalue weighted by molar-refractivity contribution is 0.0864. The van der Waals surface area contributed by atoms with E-state index in [1.165, 1.54) is 12.3 Å². The highest BCUT2D eigenvalue weighted by Crippen LogP contribution is 2.33. The fourth-order valence-electron chi connectivity index (χ4n) is 2.11. The van der Waals surface area contributed by atoms with Gasteiger partial charge in [-0.1, -0.05) is 13.3 Å². The third-order valence-corrected chi connectivity index (χ3v) is 3.06. The summed E-state index contributed by atoms with van der Waals surface area (Å²) in [7, 11) is 0. The Hall–Kier alpha value is -1.45. The van der Waals surface area contributed by atoms with Crippen molar-refractivity contribution in [3.63, 3.8) is 0 Å². The Bertz CT molecular complexity index is 408. The molecule has 0 radical (unpaired) electrons. The van der Waals surface area contributed by atoms with Gasteiger partial charge < -0.3 is 4.90 Å². The topological polar surface area (TPSA) is 33.0 Å². The summed E-state index contributed by atoms with van der Waals surface area (Å²) in [5.74, 6) is -0.695. The lowest BCUT2D eigenvalue weighted by Crippen LogP contribution is -2.15. The fourth-order valence-corrected chi connectivity index (χ4v) is 2.11. The third kappa shape index (κ3) is 1.92. The summed E-state index contributed by atoms with van der Waals surface area (Å²) in [4.78, 5) is 17.2. The summed E-state index contributed by atoms with van der Waals surface area (Å²) in [6.45, 7) is 4.12. The molecule has 0 bridgehead atoms. The van der Waals surface area contributed by atoms with Gasteiger partial charge in [0.05, 0.1) is 12.1 Å². The van der Waals surface area contributed by atoms with Crippen LogP contribution in [0.2, 0.25) is 0 Å². The van der Waals surface area contributed by atoms with Gasteiger partial charge in [-0.15, -0.1) is 0 Å². The predicted molar refractivity (Wildman–Crippen MR) is 58.5 cm³/mol. The molecule has 2 heterocycles. The normalized spacial score (nSPS) is 23.3. The van der Waals surface area contributed by atoms with Gasteiger partial charge in [0.2, 0.25) is 5.95 Å². The van der Waals surface area contributed by atoms with E-state index in [4.69, 9.17) is 0 Å². The molecule has 0 aliphatic carbocycles. The van der Waals surface area contributed by atoms with Gasteiger partial charge in [0, 0.05) is 17.8 Å². The Morgan fingerprint density at radius 3 is 3.00 bits per heavy atom. The minimum Gasteiger partial charge on any atom is -0.329 e. The highest BCUT2D eigenvalue weighted by Gasteiger charge is 2.46. The molecule has 2 atom stereocenters. The fraction of sp³-hybridized carbons (Fsp3) is 0.500. The Morgan fingerprint density at radius 1 is 1.62 bits per heavy atom. The van der Waals surface area contributed by atoms with E-state index in [0.717, 1.165) is 12.8 Å². The average molecular weight is 222 g/mol. The maximum Gasteiger partial charge on any atom is 0.254 e. The molecule has 86 valence electrons. The number of carbonyl (C=O) groups excluding carboxylic acids is 1. The van der Waals surface area contributed by atoms with Crippen LogP contribution in [0, 0.1) is 5.95 Å². The van der Waals surface area contributed by atoms with Crippen LogP contribution in [0.5, 0.6) is 0 Å². The lowest BCUT2D eigenvalue weighted by Gasteiger charge is -2.03. The van der Waals surface area contributed by atoms with Gasteiger partial charge in [-0.25, -0.2) is 4.98 Å². The second kappa shape index (κ2) is 4.20. The average Bonchev–Trinajstić information content (AvgIpc) is 2.89. The third-order valence-electron chi connectivity index (χ3n) is 3.06. The molecule has 2 rings (SSSR count). The number of hydrogen-bond donors (Lipinski definition) is 0. The van der Waals surface area contributed by atoms with E-state index < -0.39 is 5.95 Å². The van der Waals surface area contributed by atoms with E-state index in [2.05, 4.69) is 11.9 Å². The second-order valence-electron chi connectivity index (χ2n) is 4.18. The van der Waals surface area contributed by atoms with Crippen LogP contribution >= 0.6 is 0 Å². The minimum absolute atomic E-state index is 0.0905. The van der Waals surface area contributed by atoms with Crippen LogP contribution in [0.3, 0.4) is 0 Å². The summed E-state index contributed by atoms with van der Waals surface area (Å²) in [6.07, 6.45) is 3.40. The molecule has 1 aromatic heterocycles. The van der Waals surface area contributed by atoms with Crippen molar-refractivity contribution in [1.82, 2.24) is 9.88 Å². The number of rotatable bonds is 3. The molecule has 4 heteroatoms. The Kier molecular flexibility index (Phi) is 2.90. The zero-order valence-electron chi connectivity index (χ0n) is 9.48. The van der Waals surface area contributed by atoms with Crippen LogP contribution in [-0.2, 0) is 0 Å². The van der Waals surface area contributed by atoms with Gasteiger partial charge >= 0.3 is 0 Å². The Morgan fingerprint density at radius 2 is 2.38 bits per heavy atom. The van der Waals surface area contributed by atoms with Gasteiger partial charge in [-0.2, -0.15) is 4.39 Å². The van der Waals surface area contributed by atoms with Crippen LogP contribution < -0.4 is 0 Å². The van der Waals surface area contributed by atoms with Crippen molar-refractivity contribution in [2.75, 3.05) is 0 Å². The van der Waals surface area contributed by atoms with Crippen molar-refractivity contribution in [2.45, 2.75) is 38.8 Å². The summed E-state index contributed by atoms with van der Waals surface area (Å²) >= 11 is 0. The molecule has 0 saturated carbocycles. The highest BCUT2D eigenvalue weighted by atomic mass is 19.1. The van der Waals surface area contributed by atoms with Crippen molar-refractivity contribution in [3.05, 3.63) is 29.8 Å². The molecule has 3 nitrogen and oxygen atoms in total. The molecule has 2 unspecified atom stereocenters. The number of hydrogen-bond acceptors (Lipinski definition) is 2. The molecule has 1 fully saturated rings.